The second kappa shape index (κ2) is 9.40. The Morgan fingerprint density at radius 3 is 1.93 bits per heavy atom. The van der Waals surface area contributed by atoms with E-state index in [1.54, 1.807) is 11.3 Å². The fourth-order valence-corrected chi connectivity index (χ4v) is 7.17. The van der Waals surface area contributed by atoms with E-state index in [9.17, 15) is 0 Å². The lowest BCUT2D eigenvalue weighted by atomic mass is 9.87. The first-order valence-corrected chi connectivity index (χ1v) is 15.3. The molecule has 0 aliphatic rings. The molecule has 6 aromatic carbocycles. The van der Waals surface area contributed by atoms with Crippen molar-refractivity contribution in [1.82, 2.24) is 9.55 Å². The molecule has 42 heavy (non-hydrogen) atoms. The van der Waals surface area contributed by atoms with Crippen molar-refractivity contribution >= 4 is 54.7 Å². The van der Waals surface area contributed by atoms with E-state index in [0.29, 0.717) is 0 Å². The number of imidazole rings is 1. The maximum absolute atomic E-state index is 5.44. The minimum absolute atomic E-state index is 0.0871. The van der Waals surface area contributed by atoms with Crippen LogP contribution in [-0.2, 0) is 5.41 Å². The zero-order valence-corrected chi connectivity index (χ0v) is 24.7. The van der Waals surface area contributed by atoms with Gasteiger partial charge in [-0.25, -0.2) is 4.98 Å². The van der Waals surface area contributed by atoms with Gasteiger partial charge in [-0.3, -0.25) is 4.57 Å². The molecule has 0 fully saturated rings. The molecule has 0 spiro atoms. The summed E-state index contributed by atoms with van der Waals surface area (Å²) in [6.45, 7) is 6.79. The molecule has 0 aliphatic carbocycles. The van der Waals surface area contributed by atoms with Crippen LogP contribution in [0, 0.1) is 0 Å². The van der Waals surface area contributed by atoms with Crippen molar-refractivity contribution in [3.63, 3.8) is 0 Å². The molecule has 0 saturated carbocycles. The van der Waals surface area contributed by atoms with E-state index < -0.39 is 0 Å². The second-order valence-electron chi connectivity index (χ2n) is 12.1. The number of rotatable bonds is 3. The summed E-state index contributed by atoms with van der Waals surface area (Å²) < 4.78 is 2.38. The predicted octanol–water partition coefficient (Wildman–Crippen LogP) is 11.2. The monoisotopic (exact) mass is 558 g/mol. The third-order valence-electron chi connectivity index (χ3n) is 8.38. The Hall–Kier alpha value is -4.73. The van der Waals surface area contributed by atoms with E-state index >= 15 is 0 Å². The molecule has 0 bridgehead atoms. The average Bonchev–Trinajstić information content (AvgIpc) is 3.67. The number of thiophene rings is 1. The van der Waals surface area contributed by atoms with Gasteiger partial charge in [0, 0.05) is 21.3 Å². The zero-order chi connectivity index (χ0) is 28.4. The lowest BCUT2D eigenvalue weighted by Crippen LogP contribution is -2.11. The van der Waals surface area contributed by atoms with E-state index in [4.69, 9.17) is 4.98 Å². The highest BCUT2D eigenvalue weighted by Gasteiger charge is 2.22. The molecule has 2 heterocycles. The van der Waals surface area contributed by atoms with E-state index in [0.717, 1.165) is 27.4 Å². The molecular weight excluding hydrogens is 529 g/mol. The minimum Gasteiger partial charge on any atom is -0.291 e. The molecule has 2 nitrogen and oxygen atoms in total. The van der Waals surface area contributed by atoms with Gasteiger partial charge in [-0.1, -0.05) is 118 Å². The van der Waals surface area contributed by atoms with Gasteiger partial charge in [-0.05, 0) is 68.4 Å². The molecule has 0 saturated heterocycles. The molecule has 0 radical (unpaired) electrons. The van der Waals surface area contributed by atoms with Gasteiger partial charge < -0.3 is 0 Å². The van der Waals surface area contributed by atoms with Gasteiger partial charge in [0.05, 0.1) is 15.9 Å². The Balaban J connectivity index is 1.41. The topological polar surface area (TPSA) is 17.8 Å². The van der Waals surface area contributed by atoms with E-state index in [-0.39, 0.29) is 5.41 Å². The van der Waals surface area contributed by atoms with Crippen molar-refractivity contribution in [3.05, 3.63) is 133 Å². The van der Waals surface area contributed by atoms with E-state index in [1.807, 2.05) is 0 Å². The molecule has 2 aromatic heterocycles. The molecule has 0 aliphatic heterocycles. The summed E-state index contributed by atoms with van der Waals surface area (Å²) in [5.74, 6) is 0.979. The maximum Gasteiger partial charge on any atom is 0.155 e. The summed E-state index contributed by atoms with van der Waals surface area (Å²) in [7, 11) is 0. The van der Waals surface area contributed by atoms with Crippen LogP contribution < -0.4 is 0 Å². The first-order valence-electron chi connectivity index (χ1n) is 14.5. The molecule has 0 amide bonds. The van der Waals surface area contributed by atoms with E-state index in [1.165, 1.54) is 48.3 Å². The summed E-state index contributed by atoms with van der Waals surface area (Å²) in [5.41, 5.74) is 5.97. The van der Waals surface area contributed by atoms with Crippen LogP contribution in [0.4, 0.5) is 0 Å². The van der Waals surface area contributed by atoms with Crippen LogP contribution in [0.5, 0.6) is 0 Å². The molecule has 0 N–H and O–H groups in total. The van der Waals surface area contributed by atoms with Crippen LogP contribution in [0.1, 0.15) is 26.3 Å². The third-order valence-corrected chi connectivity index (χ3v) is 9.51. The fraction of sp³-hybridized carbons (Fsp3) is 0.103. The van der Waals surface area contributed by atoms with Crippen LogP contribution in [-0.4, -0.2) is 9.55 Å². The summed E-state index contributed by atoms with van der Waals surface area (Å²) in [6, 6.07) is 46.2. The SMILES string of the molecule is CC(C)(C)c1ccc(-n2c(-c3ccc(-c4ccc5ccccc5c4)s3)nc3c4ccccc4c4ccccc4c32)cc1. The lowest BCUT2D eigenvalue weighted by molar-refractivity contribution is 0.590. The quantitative estimate of drug-likeness (QED) is 0.197. The standard InChI is InChI=1S/C39H30N2S/c1-39(2,3)28-18-20-29(21-19-28)41-37-33-15-9-7-13-31(33)30-12-6-8-14-32(30)36(37)40-38(41)35-23-22-34(42-35)27-17-16-25-10-4-5-11-26(25)24-27/h4-24H,1-3H3. The normalized spacial score (nSPS) is 12.2. The van der Waals surface area contributed by atoms with Crippen molar-refractivity contribution in [2.24, 2.45) is 0 Å². The molecular formula is C39H30N2S. The number of benzene rings is 6. The van der Waals surface area contributed by atoms with Gasteiger partial charge in [0.2, 0.25) is 0 Å². The highest BCUT2D eigenvalue weighted by atomic mass is 32.1. The smallest absolute Gasteiger partial charge is 0.155 e. The van der Waals surface area contributed by atoms with Gasteiger partial charge in [0.1, 0.15) is 0 Å². The molecule has 8 aromatic rings. The molecule has 8 rings (SSSR count). The highest BCUT2D eigenvalue weighted by molar-refractivity contribution is 7.18. The zero-order valence-electron chi connectivity index (χ0n) is 23.9. The van der Waals surface area contributed by atoms with Crippen molar-refractivity contribution in [2.45, 2.75) is 26.2 Å². The Morgan fingerprint density at radius 2 is 1.19 bits per heavy atom. The third kappa shape index (κ3) is 3.96. The minimum atomic E-state index is 0.0871. The van der Waals surface area contributed by atoms with E-state index in [2.05, 4.69) is 153 Å². The Bertz CT molecular complexity index is 2280. The van der Waals surface area contributed by atoms with Gasteiger partial charge in [0.25, 0.3) is 0 Å². The van der Waals surface area contributed by atoms with Crippen molar-refractivity contribution in [2.75, 3.05) is 0 Å². The number of fused-ring (bicyclic) bond motifs is 7. The van der Waals surface area contributed by atoms with Gasteiger partial charge in [-0.15, -0.1) is 11.3 Å². The van der Waals surface area contributed by atoms with Crippen LogP contribution in [0.3, 0.4) is 0 Å². The summed E-state index contributed by atoms with van der Waals surface area (Å²) in [6.07, 6.45) is 0. The van der Waals surface area contributed by atoms with Crippen LogP contribution in [0.25, 0.3) is 70.2 Å². The Labute approximate surface area is 249 Å². The van der Waals surface area contributed by atoms with Gasteiger partial charge in [-0.2, -0.15) is 0 Å². The number of hydrogen-bond donors (Lipinski definition) is 0. The van der Waals surface area contributed by atoms with Crippen molar-refractivity contribution in [1.29, 1.82) is 0 Å². The Morgan fingerprint density at radius 1 is 0.571 bits per heavy atom. The summed E-state index contributed by atoms with van der Waals surface area (Å²) in [4.78, 5) is 7.84. The molecule has 0 unspecified atom stereocenters. The first-order chi connectivity index (χ1) is 20.5. The molecule has 0 atom stereocenters. The first kappa shape index (κ1) is 25.0. The number of nitrogens with zero attached hydrogens (tertiary/aromatic N) is 2. The molecule has 202 valence electrons. The van der Waals surface area contributed by atoms with Crippen LogP contribution in [0.2, 0.25) is 0 Å². The lowest BCUT2D eigenvalue weighted by Gasteiger charge is -2.20. The number of hydrogen-bond acceptors (Lipinski definition) is 2. The highest BCUT2D eigenvalue weighted by Crippen LogP contribution is 2.42. The van der Waals surface area contributed by atoms with Crippen molar-refractivity contribution in [3.8, 4) is 26.8 Å². The summed E-state index contributed by atoms with van der Waals surface area (Å²) >= 11 is 1.81. The maximum atomic E-state index is 5.44. The Kier molecular flexibility index (Phi) is 5.60. The fourth-order valence-electron chi connectivity index (χ4n) is 6.19. The van der Waals surface area contributed by atoms with Crippen molar-refractivity contribution < 1.29 is 0 Å². The van der Waals surface area contributed by atoms with Gasteiger partial charge >= 0.3 is 0 Å². The average molecular weight is 559 g/mol. The van der Waals surface area contributed by atoms with Crippen LogP contribution in [0.15, 0.2) is 127 Å². The summed E-state index contributed by atoms with van der Waals surface area (Å²) in [5, 5.41) is 7.41. The predicted molar refractivity (Wildman–Crippen MR) is 181 cm³/mol. The molecule has 3 heteroatoms. The van der Waals surface area contributed by atoms with Crippen LogP contribution >= 0.6 is 11.3 Å². The number of aromatic nitrogens is 2. The van der Waals surface area contributed by atoms with Gasteiger partial charge in [0.15, 0.2) is 5.82 Å². The largest absolute Gasteiger partial charge is 0.291 e. The second-order valence-corrected chi connectivity index (χ2v) is 13.2.